The molecule has 39 nitrogen and oxygen atoms in total. The summed E-state index contributed by atoms with van der Waals surface area (Å²) in [4.78, 5) is 20.9. The summed E-state index contributed by atoms with van der Waals surface area (Å²) in [7, 11) is -30.1. The fourth-order valence-corrected chi connectivity index (χ4v) is 23.3. The molecule has 7 heterocycles. The van der Waals surface area contributed by atoms with Crippen molar-refractivity contribution in [2.45, 2.75) is 104 Å². The van der Waals surface area contributed by atoms with Crippen molar-refractivity contribution in [3.63, 3.8) is 0 Å². The molecule has 0 bridgehead atoms. The second-order valence-electron chi connectivity index (χ2n) is 19.9. The highest BCUT2D eigenvalue weighted by Gasteiger charge is 2.41. The van der Waals surface area contributed by atoms with Crippen LogP contribution < -0.4 is 56.1 Å². The van der Waals surface area contributed by atoms with E-state index in [1.165, 1.54) is 42.2 Å². The predicted octanol–water partition coefficient (Wildman–Crippen LogP) is 0.397. The molecule has 566 valence electrons. The van der Waals surface area contributed by atoms with E-state index < -0.39 is 111 Å². The number of aromatic nitrogens is 5. The van der Waals surface area contributed by atoms with E-state index in [2.05, 4.69) is 45.6 Å². The van der Waals surface area contributed by atoms with Crippen LogP contribution >= 0.6 is 79.9 Å². The number of aryl methyl sites for hydroxylation is 1. The molecule has 0 radical (unpaired) electrons. The molecule has 55 heteroatoms. The van der Waals surface area contributed by atoms with Crippen LogP contribution in [0.3, 0.4) is 0 Å². The van der Waals surface area contributed by atoms with Crippen LogP contribution in [0.15, 0.2) is 92.1 Å². The molecule has 0 fully saturated rings. The van der Waals surface area contributed by atoms with Crippen LogP contribution in [0.2, 0.25) is 10.0 Å². The van der Waals surface area contributed by atoms with E-state index in [-0.39, 0.29) is 68.5 Å². The smallest absolute Gasteiger partial charge is 0.267 e. The number of methoxy groups -OCH3 is 2. The van der Waals surface area contributed by atoms with Gasteiger partial charge >= 0.3 is 0 Å². The minimum Gasteiger partial charge on any atom is -0.494 e. The van der Waals surface area contributed by atoms with E-state index in [0.717, 1.165) is 68.6 Å². The summed E-state index contributed by atoms with van der Waals surface area (Å²) in [5.74, 6) is 0.268. The van der Waals surface area contributed by atoms with Crippen LogP contribution in [0.4, 0.5) is 5.13 Å². The maximum atomic E-state index is 12.7. The summed E-state index contributed by atoms with van der Waals surface area (Å²) in [6.45, 7) is 11.5. The van der Waals surface area contributed by atoms with Crippen molar-refractivity contribution < 1.29 is 94.8 Å². The fourth-order valence-electron chi connectivity index (χ4n) is 7.98. The van der Waals surface area contributed by atoms with Crippen LogP contribution in [-0.2, 0) is 111 Å². The number of fused-ring (bicyclic) bond motifs is 3. The lowest BCUT2D eigenvalue weighted by molar-refractivity contribution is -0.116. The van der Waals surface area contributed by atoms with E-state index in [0.29, 0.717) is 79.4 Å². The Bertz CT molecular complexity index is 5340. The molecule has 3 atom stereocenters. The number of sulfone groups is 1. The number of hydrogen-bond donors (Lipinski definition) is 9. The highest BCUT2D eigenvalue weighted by molar-refractivity contribution is 7.96. The van der Waals surface area contributed by atoms with Crippen molar-refractivity contribution >= 4 is 198 Å². The van der Waals surface area contributed by atoms with Gasteiger partial charge in [-0.1, -0.05) is 59.7 Å². The monoisotopic (exact) mass is 1730 g/mol. The van der Waals surface area contributed by atoms with Crippen molar-refractivity contribution in [1.82, 2.24) is 39.9 Å². The van der Waals surface area contributed by atoms with E-state index in [4.69, 9.17) is 68.6 Å². The lowest BCUT2D eigenvalue weighted by Gasteiger charge is -2.32. The van der Waals surface area contributed by atoms with Gasteiger partial charge in [-0.2, -0.15) is 14.3 Å². The zero-order valence-corrected chi connectivity index (χ0v) is 66.5. The number of nitrogens with zero attached hydrogens (tertiary/aromatic N) is 8. The van der Waals surface area contributed by atoms with E-state index in [1.807, 2.05) is 20.8 Å². The number of nitrogens with one attached hydrogen (secondary N) is 2. The molecule has 0 spiro atoms. The number of rotatable bonds is 19. The molecule has 7 aromatic rings. The van der Waals surface area contributed by atoms with Gasteiger partial charge in [-0.05, 0) is 82.2 Å². The molecular formula is C46H67Cl2N17O22S14. The second-order valence-corrected chi connectivity index (χ2v) is 42.3. The highest BCUT2D eigenvalue weighted by atomic mass is 35.5. The normalized spacial score (nSPS) is 17.0. The molecule has 2 aromatic carbocycles. The van der Waals surface area contributed by atoms with Gasteiger partial charge in [0.2, 0.25) is 69.0 Å². The molecule has 9 rings (SSSR count). The number of sulfonamides is 8. The average molecular weight is 1730 g/mol. The summed E-state index contributed by atoms with van der Waals surface area (Å²) < 4.78 is 223. The SMILES string of the molecule is CC(=O)N=c1sc(S(N)(=O)=O)nn1C.CCN[C@@H]1CN(CCCOC)S(=O)(=O)c2sc(S(N)(=O)=O)cc21.CCN[C@@H]1C[C@@H](C)S(=O)(=O)c2sc(S(N)(=O)=O)cc21.CCOc1ccc2nc(S(N)(=O)=O)sc2c1.COC=Nc1nnc(S(N)(=O)=O)s1.NS(=O)(=O)c1cc(Cl)c(Cl)c(S(N)(=O)=O)c1. The molecule has 101 heavy (non-hydrogen) atoms. The standard InChI is InChI=1S/C12H21N3O5S3.C10H16N2O4S3.C9H10N2O3S2.C6H6Cl2N2O4S2.C5H8N4O3S2.C4H6N4O3S2/c1-3-14-10-8-15(5-4-6-20-2)23(18,19)12-9(10)7-11(21-12)22(13,16)17;1-3-12-8-4-6(2)18(13,14)10-7(8)5-9(17-10)19(11,15)16;1-2-14-6-3-4-7-8(5-6)15-9(11-7)16(10,12)13;7-4-1-3(15(9,11)12)2-5(6(4)8)16(10,13)14;1-3(10)7-4-9(2)8-5(13-4)14(6,11)12;1-11-2-6-3-7-8-4(12-3)13(5,9)10/h7,10,14H,3-6,8H2,1-2H3,(H2,13,16,17);5-6,8,12H,3-4H2,1-2H3,(H2,11,15,16);3-5H,2H2,1H3,(H2,10,12,13);1-2H,(H2,9,11,12)(H2,10,13,14);1-2H3,(H2,6,11,12);2H,1H3,(H2,5,9,10)/t10-;6-,8-;;;;/m11..../s1. The maximum Gasteiger partial charge on any atom is 0.267 e. The fraction of sp³-hybridized carbons (Fsp3) is 0.413. The Hall–Kier alpha value is -4.72. The number of carbonyl (C=O) groups excluding carboxylic acids is 1. The lowest BCUT2D eigenvalue weighted by atomic mass is 10.1. The number of benzene rings is 2. The van der Waals surface area contributed by atoms with Crippen LogP contribution in [0.5, 0.6) is 5.75 Å². The molecule has 2 aliphatic rings. The van der Waals surface area contributed by atoms with Gasteiger partial charge in [0.25, 0.3) is 40.1 Å². The van der Waals surface area contributed by atoms with Gasteiger partial charge in [-0.15, -0.1) is 49.3 Å². The third-order valence-corrected chi connectivity index (χ3v) is 32.1. The number of nitrogens with two attached hydrogens (primary N) is 7. The van der Waals surface area contributed by atoms with Gasteiger partial charge in [0.15, 0.2) is 16.2 Å². The third-order valence-electron chi connectivity index (χ3n) is 12.3. The molecule has 0 saturated heterocycles. The Balaban J connectivity index is 0.000000260. The number of likely N-dealkylation sites (N-methyl/N-ethyl adjacent to an activating group) is 1. The van der Waals surface area contributed by atoms with Crippen LogP contribution in [0, 0.1) is 0 Å². The summed E-state index contributed by atoms with van der Waals surface area (Å²) in [6.07, 6.45) is 2.12. The van der Waals surface area contributed by atoms with Crippen molar-refractivity contribution in [2.75, 3.05) is 53.6 Å². The van der Waals surface area contributed by atoms with E-state index in [1.54, 1.807) is 32.2 Å². The van der Waals surface area contributed by atoms with Gasteiger partial charge in [-0.3, -0.25) is 4.79 Å². The summed E-state index contributed by atoms with van der Waals surface area (Å²) in [5, 5.41) is 50.3. The molecule has 0 saturated carbocycles. The predicted molar refractivity (Wildman–Crippen MR) is 377 cm³/mol. The van der Waals surface area contributed by atoms with Gasteiger partial charge in [-0.25, -0.2) is 121 Å². The minimum atomic E-state index is -4.18. The van der Waals surface area contributed by atoms with Crippen molar-refractivity contribution in [3.8, 4) is 5.75 Å². The molecule has 0 aliphatic carbocycles. The molecular weight excluding hydrogens is 1660 g/mol. The molecule has 2 aliphatic heterocycles. The second kappa shape index (κ2) is 36.0. The van der Waals surface area contributed by atoms with Gasteiger partial charge in [0.1, 0.15) is 27.5 Å². The minimum absolute atomic E-state index is 0.0520. The maximum absolute atomic E-state index is 12.7. The number of hydrogen-bond acceptors (Lipinski definition) is 34. The Morgan fingerprint density at radius 1 is 0.693 bits per heavy atom. The summed E-state index contributed by atoms with van der Waals surface area (Å²) >= 11 is 15.1. The van der Waals surface area contributed by atoms with E-state index in [9.17, 15) is 80.6 Å². The Labute approximate surface area is 611 Å². The average Bonchev–Trinajstić information content (AvgIpc) is 1.64. The van der Waals surface area contributed by atoms with Crippen LogP contribution in [0.25, 0.3) is 10.2 Å². The number of thiazole rings is 1. The van der Waals surface area contributed by atoms with Gasteiger partial charge < -0.3 is 24.8 Å². The Morgan fingerprint density at radius 3 is 1.72 bits per heavy atom. The van der Waals surface area contributed by atoms with Gasteiger partial charge in [0.05, 0.1) is 44.1 Å². The number of halogens is 2. The number of carbonyl (C=O) groups is 1. The third kappa shape index (κ3) is 25.2. The Kier molecular flexibility index (Phi) is 31.6. The molecule has 0 unspecified atom stereocenters. The molecule has 5 aromatic heterocycles. The van der Waals surface area contributed by atoms with Crippen molar-refractivity contribution in [1.29, 1.82) is 0 Å². The number of amides is 1. The first-order chi connectivity index (χ1) is 46.3. The largest absolute Gasteiger partial charge is 0.494 e. The van der Waals surface area contributed by atoms with Crippen LogP contribution in [0.1, 0.15) is 70.7 Å². The van der Waals surface area contributed by atoms with Crippen LogP contribution in [-0.4, -0.2) is 176 Å². The first kappa shape index (κ1) is 88.7. The topological polar surface area (TPSA) is 643 Å². The number of ether oxygens (including phenoxy) is 3. The van der Waals surface area contributed by atoms with Crippen molar-refractivity contribution in [2.24, 2.45) is 53.0 Å². The first-order valence-corrected chi connectivity index (χ1v) is 46.1. The molecule has 16 N–H and O–H groups in total. The Morgan fingerprint density at radius 2 is 1.25 bits per heavy atom. The van der Waals surface area contributed by atoms with E-state index >= 15 is 0 Å². The molecule has 1 amide bonds. The number of thiophene rings is 2. The van der Waals surface area contributed by atoms with Crippen molar-refractivity contribution in [3.05, 3.63) is 68.4 Å². The summed E-state index contributed by atoms with van der Waals surface area (Å²) in [6, 6.07) is 9.25. The first-order valence-electron chi connectivity index (χ1n) is 27.4. The number of aliphatic imine (C=N–C) groups is 1. The summed E-state index contributed by atoms with van der Waals surface area (Å²) in [5.41, 5.74) is 1.61. The zero-order valence-electron chi connectivity index (χ0n) is 53.6. The van der Waals surface area contributed by atoms with Gasteiger partial charge in [0, 0.05) is 64.0 Å². The lowest BCUT2D eigenvalue weighted by Crippen LogP contribution is -2.43. The highest BCUT2D eigenvalue weighted by Crippen LogP contribution is 2.43. The number of primary sulfonamides is 7. The quantitative estimate of drug-likeness (QED) is 0.0300. The zero-order chi connectivity index (χ0) is 77.0.